The van der Waals surface area contributed by atoms with Gasteiger partial charge in [0.15, 0.2) is 5.82 Å². The van der Waals surface area contributed by atoms with E-state index in [1.54, 1.807) is 6.07 Å². The first-order valence-corrected chi connectivity index (χ1v) is 11.0. The van der Waals surface area contributed by atoms with Crippen molar-refractivity contribution in [3.63, 3.8) is 0 Å². The van der Waals surface area contributed by atoms with Gasteiger partial charge in [-0.3, -0.25) is 4.79 Å². The monoisotopic (exact) mass is 498 g/mol. The highest BCUT2D eigenvalue weighted by Crippen LogP contribution is 2.46. The molecular formula is C23H20ClF5N4O. The van der Waals surface area contributed by atoms with Crippen molar-refractivity contribution in [2.24, 2.45) is 11.8 Å². The van der Waals surface area contributed by atoms with Gasteiger partial charge in [0.1, 0.15) is 34.3 Å². The van der Waals surface area contributed by atoms with Gasteiger partial charge in [0.2, 0.25) is 5.91 Å². The molecule has 2 aromatic rings. The zero-order chi connectivity index (χ0) is 24.9. The number of hydrogen-bond donors (Lipinski definition) is 0. The summed E-state index contributed by atoms with van der Waals surface area (Å²) in [6, 6.07) is 3.46. The quantitative estimate of drug-likeness (QED) is 0.415. The maximum atomic E-state index is 14.6. The second-order valence-corrected chi connectivity index (χ2v) is 9.04. The van der Waals surface area contributed by atoms with Gasteiger partial charge in [0.25, 0.3) is 0 Å². The number of fused-ring (bicyclic) bond motifs is 1. The highest BCUT2D eigenvalue weighted by Gasteiger charge is 2.50. The molecule has 0 radical (unpaired) electrons. The van der Waals surface area contributed by atoms with E-state index in [0.29, 0.717) is 6.42 Å². The van der Waals surface area contributed by atoms with E-state index in [4.69, 9.17) is 11.6 Å². The SMILES string of the molecule is Cc1cc(C(F)(F)F)c(C#N)c(N2C[C@@H]3CCC[C@@H]3[C@H]2C(=O)N(C)c2ccc(F)c(Cl)c2F)n1. The summed E-state index contributed by atoms with van der Waals surface area (Å²) in [6.07, 6.45) is -2.52. The van der Waals surface area contributed by atoms with Crippen molar-refractivity contribution in [3.8, 4) is 6.07 Å². The van der Waals surface area contributed by atoms with Crippen LogP contribution in [0, 0.1) is 41.7 Å². The lowest BCUT2D eigenvalue weighted by Crippen LogP contribution is -2.48. The van der Waals surface area contributed by atoms with Gasteiger partial charge >= 0.3 is 6.18 Å². The summed E-state index contributed by atoms with van der Waals surface area (Å²) in [7, 11) is 1.30. The van der Waals surface area contributed by atoms with Crippen LogP contribution in [-0.4, -0.2) is 30.5 Å². The summed E-state index contributed by atoms with van der Waals surface area (Å²) in [5.41, 5.74) is -1.99. The molecule has 1 aliphatic heterocycles. The van der Waals surface area contributed by atoms with Crippen LogP contribution < -0.4 is 9.80 Å². The third kappa shape index (κ3) is 3.96. The first-order chi connectivity index (χ1) is 16.0. The Balaban J connectivity index is 1.81. The van der Waals surface area contributed by atoms with E-state index in [-0.39, 0.29) is 35.6 Å². The molecule has 1 aromatic heterocycles. The van der Waals surface area contributed by atoms with Gasteiger partial charge in [-0.1, -0.05) is 18.0 Å². The van der Waals surface area contributed by atoms with Gasteiger partial charge in [-0.15, -0.1) is 0 Å². The number of nitriles is 1. The standard InChI is InChI=1S/C23H20ClF5N4O/c1-11-8-15(23(27,28)29)14(9-30)21(31-11)33-10-12-4-3-5-13(12)20(33)22(34)32(2)17-7-6-16(25)18(24)19(17)26/h6-8,12-13,20H,3-5,10H2,1-2H3/t12-,13-,20-/m0/s1. The van der Waals surface area contributed by atoms with Gasteiger partial charge in [-0.2, -0.15) is 18.4 Å². The number of rotatable bonds is 3. The number of aryl methyl sites for hydroxylation is 1. The molecule has 2 fully saturated rings. The molecule has 0 bridgehead atoms. The Morgan fingerprint density at radius 2 is 2.00 bits per heavy atom. The van der Waals surface area contributed by atoms with E-state index in [2.05, 4.69) is 4.98 Å². The maximum Gasteiger partial charge on any atom is 0.417 e. The fourth-order valence-corrected chi connectivity index (χ4v) is 5.29. The fourth-order valence-electron chi connectivity index (χ4n) is 5.13. The van der Waals surface area contributed by atoms with Crippen molar-refractivity contribution in [1.82, 2.24) is 4.98 Å². The number of hydrogen-bond acceptors (Lipinski definition) is 4. The van der Waals surface area contributed by atoms with Crippen LogP contribution in [0.5, 0.6) is 0 Å². The van der Waals surface area contributed by atoms with Crippen LogP contribution >= 0.6 is 11.6 Å². The predicted molar refractivity (Wildman–Crippen MR) is 115 cm³/mol. The summed E-state index contributed by atoms with van der Waals surface area (Å²) >= 11 is 5.67. The molecule has 1 amide bonds. The van der Waals surface area contributed by atoms with Crippen molar-refractivity contribution in [1.29, 1.82) is 5.26 Å². The number of amides is 1. The molecule has 34 heavy (non-hydrogen) atoms. The highest BCUT2D eigenvalue weighted by molar-refractivity contribution is 6.31. The smallest absolute Gasteiger partial charge is 0.343 e. The van der Waals surface area contributed by atoms with E-state index in [0.717, 1.165) is 35.9 Å². The number of halogens is 6. The minimum absolute atomic E-state index is 0.00666. The van der Waals surface area contributed by atoms with Crippen molar-refractivity contribution < 1.29 is 26.7 Å². The molecule has 180 valence electrons. The van der Waals surface area contributed by atoms with Crippen molar-refractivity contribution in [2.75, 3.05) is 23.4 Å². The van der Waals surface area contributed by atoms with Gasteiger partial charge in [0, 0.05) is 19.3 Å². The number of pyridine rings is 1. The molecule has 3 atom stereocenters. The molecule has 1 saturated heterocycles. The van der Waals surface area contributed by atoms with Crippen LogP contribution in [0.15, 0.2) is 18.2 Å². The van der Waals surface area contributed by atoms with E-state index < -0.39 is 45.9 Å². The molecule has 1 aromatic carbocycles. The molecule has 0 N–H and O–H groups in total. The van der Waals surface area contributed by atoms with E-state index in [1.807, 2.05) is 0 Å². The molecule has 0 spiro atoms. The normalized spacial score (nSPS) is 22.0. The minimum Gasteiger partial charge on any atom is -0.343 e. The van der Waals surface area contributed by atoms with E-state index in [9.17, 15) is 32.0 Å². The Bertz CT molecular complexity index is 1200. The van der Waals surface area contributed by atoms with E-state index >= 15 is 0 Å². The first-order valence-electron chi connectivity index (χ1n) is 10.6. The second-order valence-electron chi connectivity index (χ2n) is 8.66. The summed E-state index contributed by atoms with van der Waals surface area (Å²) < 4.78 is 69.3. The average Bonchev–Trinajstić information content (AvgIpc) is 3.36. The number of likely N-dealkylation sites (N-methyl/N-ethyl adjacent to an activating group) is 1. The zero-order valence-corrected chi connectivity index (χ0v) is 19.0. The van der Waals surface area contributed by atoms with Crippen LogP contribution in [0.25, 0.3) is 0 Å². The third-order valence-corrected chi connectivity index (χ3v) is 7.01. The third-order valence-electron chi connectivity index (χ3n) is 6.67. The minimum atomic E-state index is -4.78. The largest absolute Gasteiger partial charge is 0.417 e. The lowest BCUT2D eigenvalue weighted by molar-refractivity contribution is -0.137. The van der Waals surface area contributed by atoms with Gasteiger partial charge in [-0.25, -0.2) is 13.8 Å². The Morgan fingerprint density at radius 3 is 2.65 bits per heavy atom. The predicted octanol–water partition coefficient (Wildman–Crippen LogP) is 5.48. The summed E-state index contributed by atoms with van der Waals surface area (Å²) in [6.45, 7) is 1.62. The average molecular weight is 499 g/mol. The number of carbonyl (C=O) groups is 1. The topological polar surface area (TPSA) is 60.2 Å². The molecule has 1 saturated carbocycles. The maximum absolute atomic E-state index is 14.6. The molecule has 4 rings (SSSR count). The number of alkyl halides is 3. The zero-order valence-electron chi connectivity index (χ0n) is 18.3. The van der Waals surface area contributed by atoms with E-state index in [1.165, 1.54) is 18.9 Å². The summed E-state index contributed by atoms with van der Waals surface area (Å²) in [5.74, 6) is -3.12. The van der Waals surface area contributed by atoms with Gasteiger partial charge in [0.05, 0.1) is 11.3 Å². The van der Waals surface area contributed by atoms with Crippen molar-refractivity contribution >= 4 is 29.0 Å². The van der Waals surface area contributed by atoms with Crippen LogP contribution in [0.2, 0.25) is 5.02 Å². The molecular weight excluding hydrogens is 479 g/mol. The van der Waals surface area contributed by atoms with Crippen molar-refractivity contribution in [2.45, 2.75) is 38.4 Å². The lowest BCUT2D eigenvalue weighted by Gasteiger charge is -2.32. The van der Waals surface area contributed by atoms with Crippen LogP contribution in [0.3, 0.4) is 0 Å². The lowest BCUT2D eigenvalue weighted by atomic mass is 9.93. The molecule has 1 aliphatic carbocycles. The fraction of sp³-hybridized carbons (Fsp3) is 0.435. The first kappa shape index (κ1) is 24.2. The highest BCUT2D eigenvalue weighted by atomic mass is 35.5. The Hall–Kier alpha value is -2.93. The number of nitrogens with zero attached hydrogens (tertiary/aromatic N) is 4. The van der Waals surface area contributed by atoms with Crippen LogP contribution in [0.1, 0.15) is 36.1 Å². The van der Waals surface area contributed by atoms with Gasteiger partial charge in [-0.05, 0) is 49.8 Å². The summed E-state index contributed by atoms with van der Waals surface area (Å²) in [5, 5.41) is 8.85. The second kappa shape index (κ2) is 8.69. The molecule has 5 nitrogen and oxygen atoms in total. The van der Waals surface area contributed by atoms with Gasteiger partial charge < -0.3 is 9.80 Å². The van der Waals surface area contributed by atoms with Crippen molar-refractivity contribution in [3.05, 3.63) is 51.7 Å². The molecule has 2 aliphatic rings. The van der Waals surface area contributed by atoms with Crippen LogP contribution in [-0.2, 0) is 11.0 Å². The van der Waals surface area contributed by atoms with Crippen LogP contribution in [0.4, 0.5) is 33.5 Å². The number of aromatic nitrogens is 1. The molecule has 11 heteroatoms. The number of benzene rings is 1. The number of carbonyl (C=O) groups excluding carboxylic acids is 1. The Morgan fingerprint density at radius 1 is 1.29 bits per heavy atom. The molecule has 2 heterocycles. The molecule has 0 unspecified atom stereocenters. The Labute approximate surface area is 197 Å². The Kier molecular flexibility index (Phi) is 6.19. The summed E-state index contributed by atoms with van der Waals surface area (Å²) in [4.78, 5) is 20.3. The number of anilines is 2.